The average molecular weight is 312 g/mol. The summed E-state index contributed by atoms with van der Waals surface area (Å²) in [4.78, 5) is 0. The molecule has 0 fully saturated rings. The number of hydrogen-bond acceptors (Lipinski definition) is 7. The second kappa shape index (κ2) is 17.8. The zero-order valence-corrected chi connectivity index (χ0v) is 13.7. The van der Waals surface area contributed by atoms with E-state index < -0.39 is 6.10 Å². The number of aliphatic hydroxyl groups is 3. The van der Waals surface area contributed by atoms with Gasteiger partial charge in [-0.1, -0.05) is 0 Å². The van der Waals surface area contributed by atoms with E-state index in [0.717, 1.165) is 0 Å². The topological polar surface area (TPSA) is 97.6 Å². The van der Waals surface area contributed by atoms with Gasteiger partial charge in [-0.05, 0) is 20.8 Å². The molecule has 0 aromatic carbocycles. The van der Waals surface area contributed by atoms with Gasteiger partial charge in [-0.25, -0.2) is 0 Å². The van der Waals surface area contributed by atoms with E-state index in [-0.39, 0.29) is 25.4 Å². The lowest BCUT2D eigenvalue weighted by molar-refractivity contribution is -0.0620. The number of ether oxygens (including phenoxy) is 4. The Hall–Kier alpha value is -0.280. The van der Waals surface area contributed by atoms with E-state index in [1.54, 1.807) is 21.0 Å². The van der Waals surface area contributed by atoms with Gasteiger partial charge in [0.2, 0.25) is 0 Å². The van der Waals surface area contributed by atoms with E-state index in [2.05, 4.69) is 4.74 Å². The Morgan fingerprint density at radius 1 is 0.857 bits per heavy atom. The van der Waals surface area contributed by atoms with Crippen molar-refractivity contribution in [1.82, 2.24) is 0 Å². The van der Waals surface area contributed by atoms with E-state index in [9.17, 15) is 0 Å². The molecule has 0 aromatic heterocycles. The normalized spacial score (nSPS) is 15.0. The van der Waals surface area contributed by atoms with Crippen LogP contribution in [0.3, 0.4) is 0 Å². The standard InChI is InChI=1S/C9H20O4.C5H12O3/c1-7(11)5-12-9(3)6-13-8(2)4-10;1-7-4-5-8-3-2-6/h7-11H,4-6H2,1-3H3;6H,2-5H2,1H3. The zero-order valence-electron chi connectivity index (χ0n) is 13.7. The van der Waals surface area contributed by atoms with Crippen molar-refractivity contribution in [3.63, 3.8) is 0 Å². The second-order valence-corrected chi connectivity index (χ2v) is 4.65. The first kappa shape index (κ1) is 23.0. The number of rotatable bonds is 12. The molecule has 0 bridgehead atoms. The van der Waals surface area contributed by atoms with Crippen molar-refractivity contribution in [3.05, 3.63) is 0 Å². The van der Waals surface area contributed by atoms with Crippen molar-refractivity contribution in [2.24, 2.45) is 0 Å². The Kier molecular flexibility index (Phi) is 19.5. The first-order valence-corrected chi connectivity index (χ1v) is 7.17. The fraction of sp³-hybridized carbons (Fsp3) is 1.00. The highest BCUT2D eigenvalue weighted by Gasteiger charge is 2.06. The number of aliphatic hydroxyl groups excluding tert-OH is 3. The molecule has 0 saturated heterocycles. The quantitative estimate of drug-likeness (QED) is 0.430. The molecule has 21 heavy (non-hydrogen) atoms. The van der Waals surface area contributed by atoms with Gasteiger partial charge in [0.05, 0.1) is 64.6 Å². The highest BCUT2D eigenvalue weighted by Crippen LogP contribution is 1.97. The zero-order chi connectivity index (χ0) is 16.5. The molecule has 0 heterocycles. The molecule has 0 aliphatic heterocycles. The average Bonchev–Trinajstić information content (AvgIpc) is 2.47. The van der Waals surface area contributed by atoms with Gasteiger partial charge in [-0.3, -0.25) is 0 Å². The maximum atomic E-state index is 8.92. The molecule has 3 N–H and O–H groups in total. The molecule has 0 aliphatic carbocycles. The maximum absolute atomic E-state index is 8.92. The largest absolute Gasteiger partial charge is 0.394 e. The van der Waals surface area contributed by atoms with Crippen LogP contribution in [-0.4, -0.2) is 87.0 Å². The van der Waals surface area contributed by atoms with Crippen LogP contribution in [0.25, 0.3) is 0 Å². The van der Waals surface area contributed by atoms with Crippen LogP contribution in [-0.2, 0) is 18.9 Å². The molecule has 0 aromatic rings. The Balaban J connectivity index is 0. The summed E-state index contributed by atoms with van der Waals surface area (Å²) in [5.41, 5.74) is 0. The van der Waals surface area contributed by atoms with Gasteiger partial charge < -0.3 is 34.3 Å². The van der Waals surface area contributed by atoms with Gasteiger partial charge in [-0.15, -0.1) is 0 Å². The van der Waals surface area contributed by atoms with Crippen LogP contribution < -0.4 is 0 Å². The summed E-state index contributed by atoms with van der Waals surface area (Å²) in [6, 6.07) is 0. The van der Waals surface area contributed by atoms with Crippen LogP contribution in [0.1, 0.15) is 20.8 Å². The molecule has 0 amide bonds. The smallest absolute Gasteiger partial charge is 0.0781 e. The molecular formula is C14H32O7. The van der Waals surface area contributed by atoms with Crippen LogP contribution in [0, 0.1) is 0 Å². The Morgan fingerprint density at radius 2 is 1.48 bits per heavy atom. The first-order chi connectivity index (χ1) is 9.97. The predicted molar refractivity (Wildman–Crippen MR) is 79.4 cm³/mol. The van der Waals surface area contributed by atoms with E-state index in [1.165, 1.54) is 0 Å². The van der Waals surface area contributed by atoms with Crippen LogP contribution in [0.2, 0.25) is 0 Å². The second-order valence-electron chi connectivity index (χ2n) is 4.65. The van der Waals surface area contributed by atoms with Crippen molar-refractivity contribution in [2.75, 3.05) is 53.4 Å². The third kappa shape index (κ3) is 22.1. The van der Waals surface area contributed by atoms with Crippen molar-refractivity contribution in [3.8, 4) is 0 Å². The molecule has 7 heteroatoms. The molecule has 0 saturated carbocycles. The fourth-order valence-electron chi connectivity index (χ4n) is 1.01. The van der Waals surface area contributed by atoms with Crippen LogP contribution in [0.15, 0.2) is 0 Å². The highest BCUT2D eigenvalue weighted by molar-refractivity contribution is 4.52. The molecular weight excluding hydrogens is 280 g/mol. The summed E-state index contributed by atoms with van der Waals surface area (Å²) in [6.45, 7) is 7.76. The number of methoxy groups -OCH3 is 1. The summed E-state index contributed by atoms with van der Waals surface area (Å²) < 4.78 is 20.0. The van der Waals surface area contributed by atoms with Crippen LogP contribution in [0.4, 0.5) is 0 Å². The molecule has 3 unspecified atom stereocenters. The molecule has 0 rings (SSSR count). The van der Waals surface area contributed by atoms with Crippen LogP contribution in [0.5, 0.6) is 0 Å². The van der Waals surface area contributed by atoms with E-state index in [1.807, 2.05) is 6.92 Å². The summed E-state index contributed by atoms with van der Waals surface area (Å²) in [6.07, 6.45) is -0.654. The monoisotopic (exact) mass is 312 g/mol. The summed E-state index contributed by atoms with van der Waals surface area (Å²) in [5, 5.41) is 25.8. The highest BCUT2D eigenvalue weighted by atomic mass is 16.5. The number of hydrogen-bond donors (Lipinski definition) is 3. The Morgan fingerprint density at radius 3 is 1.95 bits per heavy atom. The van der Waals surface area contributed by atoms with E-state index in [4.69, 9.17) is 29.5 Å². The SMILES string of the molecule is CC(O)COC(C)COC(C)CO.COCCOCCO. The van der Waals surface area contributed by atoms with Crippen molar-refractivity contribution >= 4 is 0 Å². The van der Waals surface area contributed by atoms with Crippen molar-refractivity contribution < 1.29 is 34.3 Å². The summed E-state index contributed by atoms with van der Waals surface area (Å²) >= 11 is 0. The van der Waals surface area contributed by atoms with E-state index >= 15 is 0 Å². The van der Waals surface area contributed by atoms with Gasteiger partial charge in [-0.2, -0.15) is 0 Å². The lowest BCUT2D eigenvalue weighted by Crippen LogP contribution is -2.24. The predicted octanol–water partition coefficient (Wildman–Crippen LogP) is -0.189. The third-order valence-electron chi connectivity index (χ3n) is 2.16. The maximum Gasteiger partial charge on any atom is 0.0781 e. The lowest BCUT2D eigenvalue weighted by Gasteiger charge is -2.16. The van der Waals surface area contributed by atoms with Crippen molar-refractivity contribution in [2.45, 2.75) is 39.1 Å². The van der Waals surface area contributed by atoms with Gasteiger partial charge in [0.15, 0.2) is 0 Å². The molecule has 3 atom stereocenters. The molecule has 0 spiro atoms. The van der Waals surface area contributed by atoms with Gasteiger partial charge in [0.25, 0.3) is 0 Å². The third-order valence-corrected chi connectivity index (χ3v) is 2.16. The molecule has 0 aliphatic rings. The molecule has 0 radical (unpaired) electrons. The fourth-order valence-corrected chi connectivity index (χ4v) is 1.01. The summed E-state index contributed by atoms with van der Waals surface area (Å²) in [5.74, 6) is 0. The lowest BCUT2D eigenvalue weighted by atomic mass is 10.4. The van der Waals surface area contributed by atoms with Crippen molar-refractivity contribution in [1.29, 1.82) is 0 Å². The Bertz CT molecular complexity index is 184. The minimum atomic E-state index is -0.447. The van der Waals surface area contributed by atoms with Gasteiger partial charge in [0, 0.05) is 7.11 Å². The van der Waals surface area contributed by atoms with Gasteiger partial charge >= 0.3 is 0 Å². The molecule has 7 nitrogen and oxygen atoms in total. The Labute approximate surface area is 127 Å². The molecule has 130 valence electrons. The minimum Gasteiger partial charge on any atom is -0.394 e. The summed E-state index contributed by atoms with van der Waals surface area (Å²) in [7, 11) is 1.61. The first-order valence-electron chi connectivity index (χ1n) is 7.17. The minimum absolute atomic E-state index is 0.0170. The van der Waals surface area contributed by atoms with Crippen LogP contribution >= 0.6 is 0 Å². The van der Waals surface area contributed by atoms with E-state index in [0.29, 0.717) is 33.0 Å². The van der Waals surface area contributed by atoms with Gasteiger partial charge in [0.1, 0.15) is 0 Å².